The van der Waals surface area contributed by atoms with Crippen LogP contribution in [-0.2, 0) is 11.2 Å². The van der Waals surface area contributed by atoms with E-state index in [0.29, 0.717) is 6.54 Å². The van der Waals surface area contributed by atoms with Crippen molar-refractivity contribution in [2.24, 2.45) is 5.92 Å². The molecule has 0 bridgehead atoms. The number of anilines is 1. The van der Waals surface area contributed by atoms with Crippen LogP contribution >= 0.6 is 0 Å². The van der Waals surface area contributed by atoms with Gasteiger partial charge in [-0.25, -0.2) is 0 Å². The summed E-state index contributed by atoms with van der Waals surface area (Å²) in [5, 5.41) is 6.39. The predicted molar refractivity (Wildman–Crippen MR) is 82.9 cm³/mol. The molecule has 0 aliphatic carbocycles. The van der Waals surface area contributed by atoms with Crippen LogP contribution in [0.4, 0.5) is 5.69 Å². The Bertz CT molecular complexity index is 627. The Morgan fingerprint density at radius 3 is 2.90 bits per heavy atom. The van der Waals surface area contributed by atoms with Crippen LogP contribution in [0.2, 0.25) is 0 Å². The summed E-state index contributed by atoms with van der Waals surface area (Å²) in [6.07, 6.45) is 2.53. The van der Waals surface area contributed by atoms with Gasteiger partial charge >= 0.3 is 0 Å². The third kappa shape index (κ3) is 3.05. The molecule has 2 atom stereocenters. The molecular weight excluding hydrogens is 262 g/mol. The summed E-state index contributed by atoms with van der Waals surface area (Å²) < 4.78 is 0. The lowest BCUT2D eigenvalue weighted by molar-refractivity contribution is -0.125. The fraction of sp³-hybridized carbons (Fsp3) is 0.294. The smallest absolute Gasteiger partial charge is 0.225 e. The van der Waals surface area contributed by atoms with Gasteiger partial charge in [-0.15, -0.1) is 0 Å². The molecule has 0 radical (unpaired) electrons. The van der Waals surface area contributed by atoms with Crippen LogP contribution in [0.25, 0.3) is 0 Å². The molecular formula is C17H19N3O. The van der Waals surface area contributed by atoms with E-state index in [1.54, 1.807) is 6.20 Å². The largest absolute Gasteiger partial charge is 0.384 e. The number of nitrogens with zero attached hydrogens (tertiary/aromatic N) is 1. The number of rotatable bonds is 3. The van der Waals surface area contributed by atoms with Crippen molar-refractivity contribution in [2.45, 2.75) is 19.4 Å². The third-order valence-electron chi connectivity index (χ3n) is 3.88. The minimum atomic E-state index is -0.0733. The van der Waals surface area contributed by atoms with Crippen molar-refractivity contribution in [1.82, 2.24) is 10.3 Å². The number of fused-ring (bicyclic) bond motifs is 1. The van der Waals surface area contributed by atoms with E-state index in [4.69, 9.17) is 0 Å². The number of carbonyl (C=O) groups is 1. The van der Waals surface area contributed by atoms with Crippen molar-refractivity contribution in [3.63, 3.8) is 0 Å². The Morgan fingerprint density at radius 2 is 2.10 bits per heavy atom. The van der Waals surface area contributed by atoms with Gasteiger partial charge in [0.1, 0.15) is 0 Å². The van der Waals surface area contributed by atoms with Gasteiger partial charge in [0.05, 0.1) is 17.7 Å². The van der Waals surface area contributed by atoms with Crippen molar-refractivity contribution in [3.8, 4) is 0 Å². The minimum absolute atomic E-state index is 0.0361. The first kappa shape index (κ1) is 13.6. The highest BCUT2D eigenvalue weighted by Crippen LogP contribution is 2.24. The minimum Gasteiger partial charge on any atom is -0.384 e. The highest BCUT2D eigenvalue weighted by atomic mass is 16.2. The molecule has 1 aromatic heterocycles. The van der Waals surface area contributed by atoms with Gasteiger partial charge in [-0.05, 0) is 37.1 Å². The maximum absolute atomic E-state index is 12.4. The SMILES string of the molecule is C[C@@H](NC(=O)C1CNc2ccccc2C1)c1ccccn1. The van der Waals surface area contributed by atoms with Crippen LogP contribution in [0.1, 0.15) is 24.2 Å². The van der Waals surface area contributed by atoms with Gasteiger partial charge in [0.15, 0.2) is 0 Å². The lowest BCUT2D eigenvalue weighted by Gasteiger charge is -2.26. The van der Waals surface area contributed by atoms with Crippen LogP contribution < -0.4 is 10.6 Å². The molecule has 21 heavy (non-hydrogen) atoms. The molecule has 108 valence electrons. The van der Waals surface area contributed by atoms with Crippen molar-refractivity contribution >= 4 is 11.6 Å². The summed E-state index contributed by atoms with van der Waals surface area (Å²) in [6, 6.07) is 13.8. The monoisotopic (exact) mass is 281 g/mol. The van der Waals surface area contributed by atoms with Gasteiger partial charge in [-0.1, -0.05) is 24.3 Å². The van der Waals surface area contributed by atoms with Gasteiger partial charge in [0, 0.05) is 18.4 Å². The van der Waals surface area contributed by atoms with Crippen LogP contribution in [0.15, 0.2) is 48.7 Å². The maximum atomic E-state index is 12.4. The summed E-state index contributed by atoms with van der Waals surface area (Å²) in [7, 11) is 0. The number of hydrogen-bond donors (Lipinski definition) is 2. The van der Waals surface area contributed by atoms with E-state index in [9.17, 15) is 4.79 Å². The van der Waals surface area contributed by atoms with Crippen LogP contribution in [0.5, 0.6) is 0 Å². The summed E-state index contributed by atoms with van der Waals surface area (Å²) in [4.78, 5) is 16.7. The zero-order valence-electron chi connectivity index (χ0n) is 12.0. The van der Waals surface area contributed by atoms with E-state index in [1.165, 1.54) is 5.56 Å². The Kier molecular flexibility index (Phi) is 3.86. The second kappa shape index (κ2) is 5.95. The number of para-hydroxylation sites is 1. The number of amides is 1. The molecule has 0 spiro atoms. The first-order valence-corrected chi connectivity index (χ1v) is 7.27. The molecule has 0 saturated carbocycles. The standard InChI is InChI=1S/C17H19N3O/c1-12(15-7-4-5-9-18-15)20-17(21)14-10-13-6-2-3-8-16(13)19-11-14/h2-9,12,14,19H,10-11H2,1H3,(H,20,21)/t12-,14?/m1/s1. The van der Waals surface area contributed by atoms with Crippen molar-refractivity contribution in [2.75, 3.05) is 11.9 Å². The fourth-order valence-corrected chi connectivity index (χ4v) is 2.66. The molecule has 4 heteroatoms. The summed E-state index contributed by atoms with van der Waals surface area (Å²) in [6.45, 7) is 2.64. The molecule has 0 saturated heterocycles. The van der Waals surface area contributed by atoms with E-state index in [0.717, 1.165) is 17.8 Å². The normalized spacial score (nSPS) is 18.2. The van der Waals surface area contributed by atoms with E-state index in [-0.39, 0.29) is 17.9 Å². The number of nitrogens with one attached hydrogen (secondary N) is 2. The van der Waals surface area contributed by atoms with Crippen LogP contribution in [0, 0.1) is 5.92 Å². The molecule has 1 unspecified atom stereocenters. The molecule has 1 aliphatic heterocycles. The van der Waals surface area contributed by atoms with Crippen molar-refractivity contribution in [3.05, 3.63) is 59.9 Å². The average Bonchev–Trinajstić information content (AvgIpc) is 2.55. The number of aromatic nitrogens is 1. The Hall–Kier alpha value is -2.36. The van der Waals surface area contributed by atoms with E-state index < -0.39 is 0 Å². The topological polar surface area (TPSA) is 54.0 Å². The quantitative estimate of drug-likeness (QED) is 0.909. The maximum Gasteiger partial charge on any atom is 0.225 e. The Balaban J connectivity index is 1.65. The Morgan fingerprint density at radius 1 is 1.29 bits per heavy atom. The number of hydrogen-bond acceptors (Lipinski definition) is 3. The molecule has 0 fully saturated rings. The molecule has 2 N–H and O–H groups in total. The van der Waals surface area contributed by atoms with Crippen molar-refractivity contribution < 1.29 is 4.79 Å². The van der Waals surface area contributed by atoms with E-state index in [1.807, 2.05) is 37.3 Å². The number of benzene rings is 1. The number of pyridine rings is 1. The van der Waals surface area contributed by atoms with E-state index in [2.05, 4.69) is 27.8 Å². The van der Waals surface area contributed by atoms with Crippen molar-refractivity contribution in [1.29, 1.82) is 0 Å². The third-order valence-corrected chi connectivity index (χ3v) is 3.88. The summed E-state index contributed by atoms with van der Waals surface area (Å²) >= 11 is 0. The number of carbonyl (C=O) groups excluding carboxylic acids is 1. The highest BCUT2D eigenvalue weighted by molar-refractivity contribution is 5.81. The van der Waals surface area contributed by atoms with Gasteiger partial charge in [-0.3, -0.25) is 9.78 Å². The molecule has 4 nitrogen and oxygen atoms in total. The molecule has 1 aliphatic rings. The lowest BCUT2D eigenvalue weighted by Crippen LogP contribution is -2.39. The van der Waals surface area contributed by atoms with Crippen LogP contribution in [0.3, 0.4) is 0 Å². The molecule has 1 aromatic carbocycles. The summed E-state index contributed by atoms with van der Waals surface area (Å²) in [5.41, 5.74) is 3.23. The molecule has 2 aromatic rings. The zero-order chi connectivity index (χ0) is 14.7. The zero-order valence-corrected chi connectivity index (χ0v) is 12.0. The average molecular weight is 281 g/mol. The van der Waals surface area contributed by atoms with E-state index >= 15 is 0 Å². The molecule has 1 amide bonds. The van der Waals surface area contributed by atoms with Gasteiger partial charge in [0.25, 0.3) is 0 Å². The van der Waals surface area contributed by atoms with Gasteiger partial charge in [0.2, 0.25) is 5.91 Å². The van der Waals surface area contributed by atoms with Crippen LogP contribution in [-0.4, -0.2) is 17.4 Å². The second-order valence-corrected chi connectivity index (χ2v) is 5.42. The highest BCUT2D eigenvalue weighted by Gasteiger charge is 2.25. The Labute approximate surface area is 124 Å². The first-order chi connectivity index (χ1) is 10.2. The predicted octanol–water partition coefficient (Wildman–Crippen LogP) is 2.54. The second-order valence-electron chi connectivity index (χ2n) is 5.42. The van der Waals surface area contributed by atoms with Gasteiger partial charge in [-0.2, -0.15) is 0 Å². The first-order valence-electron chi connectivity index (χ1n) is 7.27. The van der Waals surface area contributed by atoms with Gasteiger partial charge < -0.3 is 10.6 Å². The molecule has 3 rings (SSSR count). The molecule has 2 heterocycles. The summed E-state index contributed by atoms with van der Waals surface area (Å²) in [5.74, 6) is 0.0428. The lowest BCUT2D eigenvalue weighted by atomic mass is 9.93. The fourth-order valence-electron chi connectivity index (χ4n) is 2.66.